The Balaban J connectivity index is 1.98. The summed E-state index contributed by atoms with van der Waals surface area (Å²) in [7, 11) is -3.82. The number of furan rings is 1. The lowest BCUT2D eigenvalue weighted by atomic mass is 10.0. The van der Waals surface area contributed by atoms with Gasteiger partial charge < -0.3 is 9.52 Å². The SMILES string of the molecule is O=S(=O)(c1ccco1)N1C[C@@H](O)C[C@H]1c1ccc(F)cc1. The van der Waals surface area contributed by atoms with Crippen molar-refractivity contribution >= 4 is 10.0 Å². The van der Waals surface area contributed by atoms with Crippen LogP contribution in [0.4, 0.5) is 4.39 Å². The molecule has 1 saturated heterocycles. The molecule has 2 heterocycles. The van der Waals surface area contributed by atoms with E-state index in [1.165, 1.54) is 47.0 Å². The van der Waals surface area contributed by atoms with Crippen molar-refractivity contribution in [1.29, 1.82) is 0 Å². The fraction of sp³-hybridized carbons (Fsp3) is 0.286. The van der Waals surface area contributed by atoms with Gasteiger partial charge in [0, 0.05) is 6.54 Å². The summed E-state index contributed by atoms with van der Waals surface area (Å²) < 4.78 is 44.3. The highest BCUT2D eigenvalue weighted by atomic mass is 32.2. The van der Waals surface area contributed by atoms with E-state index < -0.39 is 28.0 Å². The van der Waals surface area contributed by atoms with Gasteiger partial charge in [0.15, 0.2) is 0 Å². The van der Waals surface area contributed by atoms with Crippen molar-refractivity contribution in [2.75, 3.05) is 6.54 Å². The molecule has 0 amide bonds. The van der Waals surface area contributed by atoms with Gasteiger partial charge in [-0.3, -0.25) is 0 Å². The molecule has 0 radical (unpaired) electrons. The number of rotatable bonds is 3. The zero-order chi connectivity index (χ0) is 15.0. The maximum absolute atomic E-state index is 13.0. The van der Waals surface area contributed by atoms with Crippen LogP contribution in [0.2, 0.25) is 0 Å². The predicted octanol–water partition coefficient (Wildman–Crippen LogP) is 1.92. The zero-order valence-corrected chi connectivity index (χ0v) is 11.8. The van der Waals surface area contributed by atoms with Gasteiger partial charge in [0.05, 0.1) is 18.4 Å². The van der Waals surface area contributed by atoms with Crippen molar-refractivity contribution < 1.29 is 22.3 Å². The summed E-state index contributed by atoms with van der Waals surface area (Å²) in [5.74, 6) is -0.391. The molecule has 0 unspecified atom stereocenters. The van der Waals surface area contributed by atoms with E-state index in [4.69, 9.17) is 4.42 Å². The average Bonchev–Trinajstić information content (AvgIpc) is 3.09. The van der Waals surface area contributed by atoms with Gasteiger partial charge in [-0.05, 0) is 36.2 Å². The molecule has 1 aromatic heterocycles. The van der Waals surface area contributed by atoms with Crippen molar-refractivity contribution in [3.05, 3.63) is 54.0 Å². The van der Waals surface area contributed by atoms with Crippen molar-refractivity contribution in [2.24, 2.45) is 0 Å². The molecule has 112 valence electrons. The first kappa shape index (κ1) is 14.2. The zero-order valence-electron chi connectivity index (χ0n) is 11.0. The minimum Gasteiger partial charge on any atom is -0.452 e. The molecule has 0 saturated carbocycles. The number of sulfonamides is 1. The van der Waals surface area contributed by atoms with E-state index in [0.29, 0.717) is 5.56 Å². The van der Waals surface area contributed by atoms with Crippen molar-refractivity contribution in [3.8, 4) is 0 Å². The van der Waals surface area contributed by atoms with Crippen LogP contribution in [0.5, 0.6) is 0 Å². The van der Waals surface area contributed by atoms with E-state index in [1.54, 1.807) is 0 Å². The predicted molar refractivity (Wildman–Crippen MR) is 72.4 cm³/mol. The van der Waals surface area contributed by atoms with Gasteiger partial charge in [-0.1, -0.05) is 12.1 Å². The van der Waals surface area contributed by atoms with Crippen LogP contribution in [0, 0.1) is 5.82 Å². The molecule has 1 N–H and O–H groups in total. The van der Waals surface area contributed by atoms with Crippen LogP contribution in [0.3, 0.4) is 0 Å². The lowest BCUT2D eigenvalue weighted by Gasteiger charge is -2.22. The number of nitrogens with zero attached hydrogens (tertiary/aromatic N) is 1. The number of hydrogen-bond donors (Lipinski definition) is 1. The maximum Gasteiger partial charge on any atom is 0.277 e. The van der Waals surface area contributed by atoms with Crippen LogP contribution < -0.4 is 0 Å². The van der Waals surface area contributed by atoms with Crippen molar-refractivity contribution in [2.45, 2.75) is 23.7 Å². The van der Waals surface area contributed by atoms with Gasteiger partial charge in [0.1, 0.15) is 5.82 Å². The quantitative estimate of drug-likeness (QED) is 0.940. The normalized spacial score (nSPS) is 23.5. The highest BCUT2D eigenvalue weighted by Crippen LogP contribution is 2.36. The molecular formula is C14H14FNO4S. The minimum atomic E-state index is -3.82. The Labute approximate surface area is 121 Å². The second-order valence-electron chi connectivity index (χ2n) is 4.96. The average molecular weight is 311 g/mol. The van der Waals surface area contributed by atoms with Crippen molar-refractivity contribution in [3.63, 3.8) is 0 Å². The second kappa shape index (κ2) is 5.25. The van der Waals surface area contributed by atoms with E-state index in [-0.39, 0.29) is 18.1 Å². The molecule has 1 aliphatic heterocycles. The third kappa shape index (κ3) is 2.59. The number of β-amino-alcohol motifs (C(OH)–C–C–N with tert-alkyl or cyclic N) is 1. The topological polar surface area (TPSA) is 70.8 Å². The first-order valence-electron chi connectivity index (χ1n) is 6.47. The third-order valence-corrected chi connectivity index (χ3v) is 5.31. The first-order chi connectivity index (χ1) is 9.98. The Hall–Kier alpha value is -1.70. The number of aliphatic hydroxyl groups is 1. The van der Waals surface area contributed by atoms with Gasteiger partial charge >= 0.3 is 0 Å². The van der Waals surface area contributed by atoms with E-state index in [2.05, 4.69) is 0 Å². The Morgan fingerprint density at radius 1 is 1.24 bits per heavy atom. The summed E-state index contributed by atoms with van der Waals surface area (Å²) in [6, 6.07) is 7.94. The van der Waals surface area contributed by atoms with Gasteiger partial charge in [-0.2, -0.15) is 4.31 Å². The number of halogens is 1. The lowest BCUT2D eigenvalue weighted by Crippen LogP contribution is -2.31. The molecule has 1 aliphatic rings. The minimum absolute atomic E-state index is 0.00885. The first-order valence-corrected chi connectivity index (χ1v) is 7.91. The molecule has 0 aliphatic carbocycles. The van der Waals surface area contributed by atoms with Crippen LogP contribution in [-0.4, -0.2) is 30.5 Å². The van der Waals surface area contributed by atoms with Crippen LogP contribution in [-0.2, 0) is 10.0 Å². The molecule has 21 heavy (non-hydrogen) atoms. The Kier molecular flexibility index (Phi) is 3.56. The summed E-state index contributed by atoms with van der Waals surface area (Å²) in [6.07, 6.45) is 0.794. The number of benzene rings is 1. The molecule has 0 spiro atoms. The Morgan fingerprint density at radius 3 is 2.57 bits per heavy atom. The number of aliphatic hydroxyl groups excluding tert-OH is 1. The summed E-state index contributed by atoms with van der Waals surface area (Å²) in [5.41, 5.74) is 0.642. The Morgan fingerprint density at radius 2 is 1.95 bits per heavy atom. The summed E-state index contributed by atoms with van der Waals surface area (Å²) >= 11 is 0. The summed E-state index contributed by atoms with van der Waals surface area (Å²) in [6.45, 7) is -0.00885. The molecular weight excluding hydrogens is 297 g/mol. The molecule has 2 aromatic rings. The van der Waals surface area contributed by atoms with Crippen LogP contribution in [0.15, 0.2) is 52.2 Å². The van der Waals surface area contributed by atoms with Gasteiger partial charge in [0.2, 0.25) is 5.09 Å². The fourth-order valence-corrected chi connectivity index (χ4v) is 4.13. The molecule has 1 aromatic carbocycles. The second-order valence-corrected chi connectivity index (χ2v) is 6.79. The van der Waals surface area contributed by atoms with Gasteiger partial charge in [-0.25, -0.2) is 12.8 Å². The monoisotopic (exact) mass is 311 g/mol. The molecule has 1 fully saturated rings. The van der Waals surface area contributed by atoms with E-state index in [1.807, 2.05) is 0 Å². The summed E-state index contributed by atoms with van der Waals surface area (Å²) in [4.78, 5) is 0. The highest BCUT2D eigenvalue weighted by molar-refractivity contribution is 7.89. The van der Waals surface area contributed by atoms with E-state index in [0.717, 1.165) is 0 Å². The van der Waals surface area contributed by atoms with E-state index in [9.17, 15) is 17.9 Å². The van der Waals surface area contributed by atoms with Crippen LogP contribution in [0.1, 0.15) is 18.0 Å². The fourth-order valence-electron chi connectivity index (χ4n) is 2.56. The van der Waals surface area contributed by atoms with Crippen LogP contribution >= 0.6 is 0 Å². The van der Waals surface area contributed by atoms with Gasteiger partial charge in [-0.15, -0.1) is 0 Å². The molecule has 0 bridgehead atoms. The molecule has 3 rings (SSSR count). The lowest BCUT2D eigenvalue weighted by molar-refractivity contribution is 0.188. The smallest absolute Gasteiger partial charge is 0.277 e. The largest absolute Gasteiger partial charge is 0.452 e. The van der Waals surface area contributed by atoms with Gasteiger partial charge in [0.25, 0.3) is 10.0 Å². The highest BCUT2D eigenvalue weighted by Gasteiger charge is 2.41. The maximum atomic E-state index is 13.0. The molecule has 2 atom stereocenters. The van der Waals surface area contributed by atoms with Crippen molar-refractivity contribution in [1.82, 2.24) is 4.31 Å². The molecule has 5 nitrogen and oxygen atoms in total. The van der Waals surface area contributed by atoms with Crippen LogP contribution in [0.25, 0.3) is 0 Å². The third-order valence-electron chi connectivity index (χ3n) is 3.55. The number of hydrogen-bond acceptors (Lipinski definition) is 4. The standard InChI is InChI=1S/C14H14FNO4S/c15-11-5-3-10(4-6-11)13-8-12(17)9-16(13)21(18,19)14-2-1-7-20-14/h1-7,12-13,17H,8-9H2/t12-,13-/m0/s1. The van der Waals surface area contributed by atoms with E-state index >= 15 is 0 Å². The molecule has 7 heteroatoms. The Bertz CT molecular complexity index is 712. The summed E-state index contributed by atoms with van der Waals surface area (Å²) in [5, 5.41) is 9.67.